The largest absolute Gasteiger partial charge is 0.509 e. The van der Waals surface area contributed by atoms with E-state index in [0.29, 0.717) is 11.5 Å². The van der Waals surface area contributed by atoms with Crippen LogP contribution < -0.4 is 14.5 Å². The van der Waals surface area contributed by atoms with Crippen molar-refractivity contribution in [2.45, 2.75) is 26.2 Å². The van der Waals surface area contributed by atoms with Crippen molar-refractivity contribution in [2.24, 2.45) is 0 Å². The molecular formula is C44H33N4OPt-3. The predicted octanol–water partition coefficient (Wildman–Crippen LogP) is 11.4. The van der Waals surface area contributed by atoms with Crippen molar-refractivity contribution in [3.8, 4) is 17.3 Å². The molecule has 0 bridgehead atoms. The molecule has 0 unspecified atom stereocenters. The van der Waals surface area contributed by atoms with Gasteiger partial charge in [-0.1, -0.05) is 87.0 Å². The van der Waals surface area contributed by atoms with Gasteiger partial charge >= 0.3 is 0 Å². The third kappa shape index (κ3) is 5.52. The van der Waals surface area contributed by atoms with E-state index in [4.69, 9.17) is 9.72 Å². The zero-order valence-corrected chi connectivity index (χ0v) is 30.1. The molecule has 0 aliphatic carbocycles. The van der Waals surface area contributed by atoms with Gasteiger partial charge in [-0.05, 0) is 69.6 Å². The molecule has 6 heteroatoms. The second-order valence-corrected chi connectivity index (χ2v) is 13.5. The number of fused-ring (bicyclic) bond motifs is 5. The van der Waals surface area contributed by atoms with Crippen LogP contribution in [-0.2, 0) is 26.5 Å². The third-order valence-corrected chi connectivity index (χ3v) is 9.27. The molecule has 0 fully saturated rings. The second-order valence-electron chi connectivity index (χ2n) is 13.5. The van der Waals surface area contributed by atoms with E-state index in [2.05, 4.69) is 169 Å². The number of hydrogen-bond donors (Lipinski definition) is 0. The molecule has 5 nitrogen and oxygen atoms in total. The quantitative estimate of drug-likeness (QED) is 0.162. The van der Waals surface area contributed by atoms with Gasteiger partial charge in [-0.2, -0.15) is 12.1 Å². The Labute approximate surface area is 306 Å². The van der Waals surface area contributed by atoms with Crippen molar-refractivity contribution in [3.05, 3.63) is 164 Å². The minimum atomic E-state index is -0.00488. The zero-order valence-electron chi connectivity index (χ0n) is 27.9. The summed E-state index contributed by atoms with van der Waals surface area (Å²) in [5.41, 5.74) is 7.38. The molecule has 6 aromatic carbocycles. The van der Waals surface area contributed by atoms with Gasteiger partial charge in [-0.15, -0.1) is 48.1 Å². The van der Waals surface area contributed by atoms with Gasteiger partial charge in [0.05, 0.1) is 0 Å². The molecule has 0 atom stereocenters. The Morgan fingerprint density at radius 2 is 1.38 bits per heavy atom. The Morgan fingerprint density at radius 1 is 0.640 bits per heavy atom. The maximum atomic E-state index is 6.50. The summed E-state index contributed by atoms with van der Waals surface area (Å²) < 4.78 is 8.69. The number of hydrogen-bond acceptors (Lipinski definition) is 4. The van der Waals surface area contributed by atoms with Crippen LogP contribution in [-0.4, -0.2) is 9.55 Å². The monoisotopic (exact) mass is 828 g/mol. The third-order valence-electron chi connectivity index (χ3n) is 9.27. The molecule has 1 aliphatic heterocycles. The normalized spacial score (nSPS) is 12.8. The van der Waals surface area contributed by atoms with Crippen LogP contribution >= 0.6 is 0 Å². The number of pyridine rings is 1. The van der Waals surface area contributed by atoms with E-state index < -0.39 is 0 Å². The Hall–Kier alpha value is -5.38. The van der Waals surface area contributed by atoms with E-state index in [-0.39, 0.29) is 26.5 Å². The summed E-state index contributed by atoms with van der Waals surface area (Å²) in [7, 11) is 0. The number of anilines is 4. The summed E-state index contributed by atoms with van der Waals surface area (Å²) in [6.45, 7) is 8.79. The van der Waals surface area contributed by atoms with Gasteiger partial charge in [0.1, 0.15) is 5.82 Å². The van der Waals surface area contributed by atoms with Crippen LogP contribution in [0, 0.1) is 18.8 Å². The molecule has 9 rings (SSSR count). The van der Waals surface area contributed by atoms with Gasteiger partial charge in [0, 0.05) is 61.3 Å². The maximum absolute atomic E-state index is 6.50. The van der Waals surface area contributed by atoms with E-state index >= 15 is 0 Å². The molecule has 248 valence electrons. The van der Waals surface area contributed by atoms with E-state index in [0.717, 1.165) is 50.4 Å². The number of ether oxygens (including phenoxy) is 1. The van der Waals surface area contributed by atoms with Gasteiger partial charge < -0.3 is 19.1 Å². The van der Waals surface area contributed by atoms with Crippen LogP contribution in [0.15, 0.2) is 140 Å². The number of benzene rings is 6. The summed E-state index contributed by atoms with van der Waals surface area (Å²) in [6, 6.07) is 53.4. The number of para-hydroxylation sites is 3. The van der Waals surface area contributed by atoms with Crippen molar-refractivity contribution < 1.29 is 25.8 Å². The number of aromatic nitrogens is 2. The van der Waals surface area contributed by atoms with Crippen LogP contribution in [0.3, 0.4) is 0 Å². The molecule has 0 amide bonds. The molecule has 50 heavy (non-hydrogen) atoms. The average Bonchev–Trinajstić information content (AvgIpc) is 3.67. The molecule has 3 heterocycles. The van der Waals surface area contributed by atoms with Crippen LogP contribution in [0.25, 0.3) is 38.4 Å². The topological polar surface area (TPSA) is 33.5 Å². The average molecular weight is 829 g/mol. The maximum Gasteiger partial charge on any atom is 0.135 e. The first-order chi connectivity index (χ1) is 23.9. The van der Waals surface area contributed by atoms with Crippen LogP contribution in [0.4, 0.5) is 22.7 Å². The summed E-state index contributed by atoms with van der Waals surface area (Å²) in [4.78, 5) is 9.20. The SMILES string of the molecule is CC(C)(C)c1ccnc(-n2c3[c-]c(Oc4[c-]c(N5[CH-]N(c6ccc7ccccc7c6)c6ccccc65)ccc4)ccc3c3ccccc32)c1.[Pt]. The molecule has 2 aromatic heterocycles. The van der Waals surface area contributed by atoms with Crippen molar-refractivity contribution in [1.29, 1.82) is 0 Å². The van der Waals surface area contributed by atoms with Gasteiger partial charge in [0.25, 0.3) is 0 Å². The second kappa shape index (κ2) is 12.5. The van der Waals surface area contributed by atoms with E-state index in [9.17, 15) is 0 Å². The predicted molar refractivity (Wildman–Crippen MR) is 200 cm³/mol. The van der Waals surface area contributed by atoms with Crippen LogP contribution in [0.1, 0.15) is 26.3 Å². The van der Waals surface area contributed by atoms with E-state index in [1.807, 2.05) is 24.4 Å². The summed E-state index contributed by atoms with van der Waals surface area (Å²) >= 11 is 0. The first-order valence-corrected chi connectivity index (χ1v) is 16.5. The number of nitrogens with zero attached hydrogens (tertiary/aromatic N) is 4. The molecule has 0 radical (unpaired) electrons. The first-order valence-electron chi connectivity index (χ1n) is 16.5. The van der Waals surface area contributed by atoms with Gasteiger partial charge in [-0.3, -0.25) is 0 Å². The van der Waals surface area contributed by atoms with Gasteiger partial charge in [0.15, 0.2) is 0 Å². The summed E-state index contributed by atoms with van der Waals surface area (Å²) in [5, 5.41) is 4.67. The van der Waals surface area contributed by atoms with E-state index in [1.54, 1.807) is 0 Å². The van der Waals surface area contributed by atoms with Crippen molar-refractivity contribution in [2.75, 3.05) is 9.80 Å². The smallest absolute Gasteiger partial charge is 0.135 e. The van der Waals surface area contributed by atoms with Crippen LogP contribution in [0.2, 0.25) is 0 Å². The molecule has 0 N–H and O–H groups in total. The summed E-state index contributed by atoms with van der Waals surface area (Å²) in [5.74, 6) is 2.08. The van der Waals surface area contributed by atoms with E-state index in [1.165, 1.54) is 16.3 Å². The summed E-state index contributed by atoms with van der Waals surface area (Å²) in [6.07, 6.45) is 1.89. The standard InChI is InChI=1S/C44H33N4O.Pt/c1-44(2,3)32-23-24-45-43(26-32)48-39-16-7-6-15-37(39)38-22-21-36(28-42(38)48)49-35-14-10-13-33(27-35)46-29-47(41-18-9-8-17-40(41)46)34-20-19-30-11-4-5-12-31(30)25-34;/h4-26,29H,1-3H3;/q-3;. The fourth-order valence-electron chi connectivity index (χ4n) is 6.77. The van der Waals surface area contributed by atoms with Crippen molar-refractivity contribution in [3.63, 3.8) is 0 Å². The zero-order chi connectivity index (χ0) is 33.1. The Bertz CT molecular complexity index is 2530. The number of rotatable bonds is 5. The molecule has 0 saturated carbocycles. The van der Waals surface area contributed by atoms with Gasteiger partial charge in [0.2, 0.25) is 0 Å². The minimum Gasteiger partial charge on any atom is -0.509 e. The minimum absolute atomic E-state index is 0. The Morgan fingerprint density at radius 3 is 2.22 bits per heavy atom. The molecule has 0 spiro atoms. The fraction of sp³-hybridized carbons (Fsp3) is 0.0909. The molecule has 8 aromatic rings. The molecule has 1 aliphatic rings. The van der Waals surface area contributed by atoms with Crippen molar-refractivity contribution in [1.82, 2.24) is 9.55 Å². The first kappa shape index (κ1) is 31.9. The van der Waals surface area contributed by atoms with Crippen molar-refractivity contribution >= 4 is 55.3 Å². The fourth-order valence-corrected chi connectivity index (χ4v) is 6.77. The van der Waals surface area contributed by atoms with Crippen LogP contribution in [0.5, 0.6) is 11.5 Å². The van der Waals surface area contributed by atoms with Gasteiger partial charge in [-0.25, -0.2) is 4.98 Å². The molecule has 0 saturated heterocycles. The molecular weight excluding hydrogens is 796 g/mol. The Balaban J connectivity index is 0.00000361. The Kier molecular flexibility index (Phi) is 7.96.